The molecule has 2 aromatic rings. The smallest absolute Gasteiger partial charge is 0.271 e. The number of carbonyl (C=O) groups excluding carboxylic acids is 1. The van der Waals surface area contributed by atoms with Crippen LogP contribution in [0.15, 0.2) is 22.5 Å². The number of non-ortho nitro benzene ring substituents is 1. The lowest BCUT2D eigenvalue weighted by Crippen LogP contribution is -2.14. The molecule has 1 aromatic carbocycles. The summed E-state index contributed by atoms with van der Waals surface area (Å²) in [7, 11) is 0. The van der Waals surface area contributed by atoms with Gasteiger partial charge in [-0.2, -0.15) is 0 Å². The molecule has 0 aliphatic rings. The summed E-state index contributed by atoms with van der Waals surface area (Å²) in [4.78, 5) is 22.2. The Morgan fingerprint density at radius 1 is 1.46 bits per heavy atom. The standard InChI is InChI=1S/C13H14ClN5O3S2/c1-7(2)15-12-17-18-13(24-12)23-6-11(20)16-10-5-8(19(21)22)3-4-9(10)14/h3-5,7H,6H2,1-2H3,(H,15,17)(H,16,20). The Morgan fingerprint density at radius 3 is 2.88 bits per heavy atom. The summed E-state index contributed by atoms with van der Waals surface area (Å²) in [5.41, 5.74) is 0.0618. The highest BCUT2D eigenvalue weighted by Gasteiger charge is 2.13. The Kier molecular flexibility index (Phi) is 6.35. The largest absolute Gasteiger partial charge is 0.358 e. The predicted molar refractivity (Wildman–Crippen MR) is 96.1 cm³/mol. The second-order valence-corrected chi connectivity index (χ2v) is 7.54. The number of hydrogen-bond acceptors (Lipinski definition) is 8. The molecule has 128 valence electrons. The molecule has 8 nitrogen and oxygen atoms in total. The lowest BCUT2D eigenvalue weighted by Gasteiger charge is -2.06. The molecule has 0 bridgehead atoms. The number of aromatic nitrogens is 2. The van der Waals surface area contributed by atoms with E-state index in [9.17, 15) is 14.9 Å². The summed E-state index contributed by atoms with van der Waals surface area (Å²) in [6.07, 6.45) is 0. The normalized spacial score (nSPS) is 10.7. The van der Waals surface area contributed by atoms with Gasteiger partial charge >= 0.3 is 0 Å². The zero-order valence-corrected chi connectivity index (χ0v) is 15.2. The quantitative estimate of drug-likeness (QED) is 0.423. The molecule has 0 spiro atoms. The molecule has 0 saturated carbocycles. The minimum atomic E-state index is -0.550. The molecule has 1 aromatic heterocycles. The van der Waals surface area contributed by atoms with Crippen molar-refractivity contribution in [3.8, 4) is 0 Å². The zero-order valence-electron chi connectivity index (χ0n) is 12.8. The molecule has 2 rings (SSSR count). The van der Waals surface area contributed by atoms with Crippen molar-refractivity contribution in [1.82, 2.24) is 10.2 Å². The number of benzene rings is 1. The summed E-state index contributed by atoms with van der Waals surface area (Å²) >= 11 is 8.52. The van der Waals surface area contributed by atoms with Gasteiger partial charge in [0.05, 0.1) is 21.4 Å². The van der Waals surface area contributed by atoms with E-state index in [4.69, 9.17) is 11.6 Å². The number of rotatable bonds is 7. The van der Waals surface area contributed by atoms with Crippen molar-refractivity contribution in [2.75, 3.05) is 16.4 Å². The summed E-state index contributed by atoms with van der Waals surface area (Å²) in [5, 5.41) is 25.3. The molecule has 11 heteroatoms. The maximum Gasteiger partial charge on any atom is 0.271 e. The number of nitrogens with zero attached hydrogens (tertiary/aromatic N) is 3. The Hall–Kier alpha value is -1.91. The fourth-order valence-corrected chi connectivity index (χ4v) is 3.47. The van der Waals surface area contributed by atoms with Gasteiger partial charge in [0.2, 0.25) is 11.0 Å². The van der Waals surface area contributed by atoms with Gasteiger partial charge in [-0.15, -0.1) is 10.2 Å². The Bertz CT molecular complexity index is 753. The summed E-state index contributed by atoms with van der Waals surface area (Å²) in [5.74, 6) is -0.244. The van der Waals surface area contributed by atoms with Crippen LogP contribution in [0, 0.1) is 10.1 Å². The highest BCUT2D eigenvalue weighted by molar-refractivity contribution is 8.01. The number of halogens is 1. The van der Waals surface area contributed by atoms with Gasteiger partial charge in [-0.05, 0) is 19.9 Å². The molecule has 1 amide bonds. The van der Waals surface area contributed by atoms with E-state index < -0.39 is 4.92 Å². The van der Waals surface area contributed by atoms with Gasteiger partial charge in [-0.25, -0.2) is 0 Å². The number of nitro benzene ring substituents is 1. The predicted octanol–water partition coefficient (Wildman–Crippen LogP) is 3.65. The molecule has 0 fully saturated rings. The van der Waals surface area contributed by atoms with Crippen LogP contribution in [0.25, 0.3) is 0 Å². The van der Waals surface area contributed by atoms with E-state index >= 15 is 0 Å². The average molecular weight is 388 g/mol. The van der Waals surface area contributed by atoms with Crippen LogP contribution in [0.1, 0.15) is 13.8 Å². The van der Waals surface area contributed by atoms with Gasteiger partial charge in [0.25, 0.3) is 5.69 Å². The monoisotopic (exact) mass is 387 g/mol. The molecule has 1 heterocycles. The average Bonchev–Trinajstić information content (AvgIpc) is 2.94. The van der Waals surface area contributed by atoms with Crippen LogP contribution in [0.2, 0.25) is 5.02 Å². The number of carbonyl (C=O) groups is 1. The van der Waals surface area contributed by atoms with Crippen LogP contribution in [0.5, 0.6) is 0 Å². The first-order valence-corrected chi connectivity index (χ1v) is 9.00. The van der Waals surface area contributed by atoms with Gasteiger partial charge in [-0.1, -0.05) is 34.7 Å². The molecule has 0 saturated heterocycles. The molecule has 2 N–H and O–H groups in total. The van der Waals surface area contributed by atoms with Crippen molar-refractivity contribution < 1.29 is 9.72 Å². The van der Waals surface area contributed by atoms with Crippen LogP contribution in [0.4, 0.5) is 16.5 Å². The van der Waals surface area contributed by atoms with Gasteiger partial charge < -0.3 is 10.6 Å². The van der Waals surface area contributed by atoms with Crippen LogP contribution < -0.4 is 10.6 Å². The van der Waals surface area contributed by atoms with Crippen molar-refractivity contribution in [2.45, 2.75) is 24.2 Å². The van der Waals surface area contributed by atoms with E-state index in [1.165, 1.54) is 41.3 Å². The lowest BCUT2D eigenvalue weighted by molar-refractivity contribution is -0.384. The molecule has 0 atom stereocenters. The second kappa shape index (κ2) is 8.27. The molecule has 0 unspecified atom stereocenters. The Labute approximate surface area is 151 Å². The number of amides is 1. The van der Waals surface area contributed by atoms with E-state index in [0.29, 0.717) is 9.47 Å². The molecule has 0 radical (unpaired) electrons. The highest BCUT2D eigenvalue weighted by Crippen LogP contribution is 2.28. The third-order valence-electron chi connectivity index (χ3n) is 2.58. The van der Waals surface area contributed by atoms with Crippen molar-refractivity contribution in [2.24, 2.45) is 0 Å². The first-order chi connectivity index (χ1) is 11.3. The zero-order chi connectivity index (χ0) is 17.7. The van der Waals surface area contributed by atoms with Crippen LogP contribution in [0.3, 0.4) is 0 Å². The van der Waals surface area contributed by atoms with Crippen LogP contribution >= 0.6 is 34.7 Å². The van der Waals surface area contributed by atoms with Gasteiger partial charge in [0.15, 0.2) is 4.34 Å². The molecular formula is C13H14ClN5O3S2. The number of nitrogens with one attached hydrogen (secondary N) is 2. The Morgan fingerprint density at radius 2 is 2.21 bits per heavy atom. The number of hydrogen-bond donors (Lipinski definition) is 2. The number of thioether (sulfide) groups is 1. The number of anilines is 2. The first kappa shape index (κ1) is 18.4. The van der Waals surface area contributed by atoms with Gasteiger partial charge in [-0.3, -0.25) is 14.9 Å². The van der Waals surface area contributed by atoms with Gasteiger partial charge in [0.1, 0.15) is 0 Å². The molecule has 24 heavy (non-hydrogen) atoms. The van der Waals surface area contributed by atoms with Gasteiger partial charge in [0, 0.05) is 18.2 Å². The van der Waals surface area contributed by atoms with E-state index in [0.717, 1.165) is 0 Å². The molecule has 0 aliphatic heterocycles. The molecule has 0 aliphatic carbocycles. The Balaban J connectivity index is 1.93. The minimum absolute atomic E-state index is 0.0926. The van der Waals surface area contributed by atoms with Crippen molar-refractivity contribution >= 4 is 57.1 Å². The highest BCUT2D eigenvalue weighted by atomic mass is 35.5. The van der Waals surface area contributed by atoms with Crippen LogP contribution in [-0.4, -0.2) is 32.8 Å². The summed E-state index contributed by atoms with van der Waals surface area (Å²) in [6, 6.07) is 4.12. The lowest BCUT2D eigenvalue weighted by atomic mass is 10.3. The van der Waals surface area contributed by atoms with Crippen molar-refractivity contribution in [3.63, 3.8) is 0 Å². The number of nitro groups is 1. The fraction of sp³-hybridized carbons (Fsp3) is 0.308. The summed E-state index contributed by atoms with van der Waals surface area (Å²) < 4.78 is 0.651. The second-order valence-electron chi connectivity index (χ2n) is 4.93. The first-order valence-electron chi connectivity index (χ1n) is 6.82. The third kappa shape index (κ3) is 5.32. The van der Waals surface area contributed by atoms with E-state index in [2.05, 4.69) is 20.8 Å². The third-order valence-corrected chi connectivity index (χ3v) is 4.90. The summed E-state index contributed by atoms with van der Waals surface area (Å²) in [6.45, 7) is 3.98. The maximum atomic E-state index is 12.0. The van der Waals surface area contributed by atoms with Crippen LogP contribution in [-0.2, 0) is 4.79 Å². The fourth-order valence-electron chi connectivity index (χ4n) is 1.61. The van der Waals surface area contributed by atoms with Crippen molar-refractivity contribution in [3.05, 3.63) is 33.3 Å². The van der Waals surface area contributed by atoms with E-state index in [1.54, 1.807) is 0 Å². The topological polar surface area (TPSA) is 110 Å². The maximum absolute atomic E-state index is 12.0. The van der Waals surface area contributed by atoms with E-state index in [1.807, 2.05) is 13.8 Å². The van der Waals surface area contributed by atoms with E-state index in [-0.39, 0.29) is 34.1 Å². The van der Waals surface area contributed by atoms with Crippen molar-refractivity contribution in [1.29, 1.82) is 0 Å². The minimum Gasteiger partial charge on any atom is -0.358 e. The molecular weight excluding hydrogens is 374 g/mol. The SMILES string of the molecule is CC(C)Nc1nnc(SCC(=O)Nc2cc([N+](=O)[O-])ccc2Cl)s1.